The third-order valence-electron chi connectivity index (χ3n) is 5.07. The Morgan fingerprint density at radius 1 is 1.14 bits per heavy atom. The standard InChI is InChI=1S/C19H20F3N5O/c20-19(21,22)13-27-17(24-15-6-2-1-5-14(15)18(27)28)16-7-3-9-25(16)11-12-26-10-4-8-23-26/h1-2,4-6,8,10,16H,3,7,9,11-13H2. The minimum absolute atomic E-state index is 0.194. The van der Waals surface area contributed by atoms with E-state index in [0.29, 0.717) is 25.0 Å². The second kappa shape index (κ2) is 7.38. The highest BCUT2D eigenvalue weighted by Crippen LogP contribution is 2.32. The van der Waals surface area contributed by atoms with E-state index in [1.165, 1.54) is 6.07 Å². The van der Waals surface area contributed by atoms with Gasteiger partial charge in [0.15, 0.2) is 0 Å². The van der Waals surface area contributed by atoms with E-state index in [0.717, 1.165) is 17.5 Å². The number of nitrogens with zero attached hydrogens (tertiary/aromatic N) is 5. The van der Waals surface area contributed by atoms with Crippen LogP contribution in [0.4, 0.5) is 13.2 Å². The molecule has 148 valence electrons. The summed E-state index contributed by atoms with van der Waals surface area (Å²) in [4.78, 5) is 19.4. The van der Waals surface area contributed by atoms with Gasteiger partial charge in [-0.15, -0.1) is 0 Å². The van der Waals surface area contributed by atoms with Crippen LogP contribution in [0.25, 0.3) is 10.9 Å². The maximum absolute atomic E-state index is 13.2. The number of rotatable bonds is 5. The van der Waals surface area contributed by atoms with Crippen LogP contribution in [0, 0.1) is 0 Å². The summed E-state index contributed by atoms with van der Waals surface area (Å²) in [7, 11) is 0. The molecule has 9 heteroatoms. The molecule has 0 amide bonds. The van der Waals surface area contributed by atoms with E-state index >= 15 is 0 Å². The molecule has 0 spiro atoms. The number of benzene rings is 1. The van der Waals surface area contributed by atoms with E-state index in [1.807, 2.05) is 12.3 Å². The lowest BCUT2D eigenvalue weighted by molar-refractivity contribution is -0.142. The summed E-state index contributed by atoms with van der Waals surface area (Å²) < 4.78 is 42.2. The van der Waals surface area contributed by atoms with Crippen LogP contribution in [0.2, 0.25) is 0 Å². The molecule has 1 unspecified atom stereocenters. The van der Waals surface area contributed by atoms with Crippen molar-refractivity contribution in [2.24, 2.45) is 0 Å². The van der Waals surface area contributed by atoms with Gasteiger partial charge in [0.05, 0.1) is 23.5 Å². The largest absolute Gasteiger partial charge is 0.406 e. The van der Waals surface area contributed by atoms with Gasteiger partial charge in [0.2, 0.25) is 0 Å². The van der Waals surface area contributed by atoms with Gasteiger partial charge >= 0.3 is 6.18 Å². The zero-order valence-electron chi connectivity index (χ0n) is 15.1. The van der Waals surface area contributed by atoms with Crippen molar-refractivity contribution < 1.29 is 13.2 Å². The number of halogens is 3. The molecule has 6 nitrogen and oxygen atoms in total. The Balaban J connectivity index is 1.73. The molecule has 1 saturated heterocycles. The summed E-state index contributed by atoms with van der Waals surface area (Å²) >= 11 is 0. The number of likely N-dealkylation sites (tertiary alicyclic amines) is 1. The van der Waals surface area contributed by atoms with Crippen molar-refractivity contribution in [3.63, 3.8) is 0 Å². The maximum Gasteiger partial charge on any atom is 0.406 e. The maximum atomic E-state index is 13.2. The Bertz CT molecular complexity index is 1010. The minimum Gasteiger partial charge on any atom is -0.292 e. The van der Waals surface area contributed by atoms with Crippen molar-refractivity contribution in [2.75, 3.05) is 13.1 Å². The van der Waals surface area contributed by atoms with Crippen LogP contribution in [-0.4, -0.2) is 43.5 Å². The van der Waals surface area contributed by atoms with E-state index in [4.69, 9.17) is 0 Å². The fraction of sp³-hybridized carbons (Fsp3) is 0.421. The van der Waals surface area contributed by atoms with Gasteiger partial charge < -0.3 is 0 Å². The number of alkyl halides is 3. The van der Waals surface area contributed by atoms with Crippen molar-refractivity contribution in [1.82, 2.24) is 24.2 Å². The fourth-order valence-electron chi connectivity index (χ4n) is 3.82. The van der Waals surface area contributed by atoms with Gasteiger partial charge in [-0.05, 0) is 37.6 Å². The lowest BCUT2D eigenvalue weighted by Crippen LogP contribution is -2.36. The number of hydrogen-bond donors (Lipinski definition) is 0. The highest BCUT2D eigenvalue weighted by molar-refractivity contribution is 5.77. The van der Waals surface area contributed by atoms with Crippen molar-refractivity contribution in [2.45, 2.75) is 38.1 Å². The van der Waals surface area contributed by atoms with Crippen molar-refractivity contribution in [1.29, 1.82) is 0 Å². The van der Waals surface area contributed by atoms with Crippen LogP contribution >= 0.6 is 0 Å². The summed E-state index contributed by atoms with van der Waals surface area (Å²) in [6.45, 7) is 0.671. The zero-order valence-corrected chi connectivity index (χ0v) is 15.1. The molecule has 3 aromatic rings. The monoisotopic (exact) mass is 391 g/mol. The number of fused-ring (bicyclic) bond motifs is 1. The van der Waals surface area contributed by atoms with Gasteiger partial charge in [-0.2, -0.15) is 18.3 Å². The van der Waals surface area contributed by atoms with Gasteiger partial charge in [0, 0.05) is 18.9 Å². The molecule has 0 bridgehead atoms. The normalized spacial score (nSPS) is 18.2. The molecule has 1 aliphatic heterocycles. The van der Waals surface area contributed by atoms with Gasteiger partial charge in [-0.3, -0.25) is 18.9 Å². The van der Waals surface area contributed by atoms with E-state index in [9.17, 15) is 18.0 Å². The fourth-order valence-corrected chi connectivity index (χ4v) is 3.82. The summed E-state index contributed by atoms with van der Waals surface area (Å²) in [6.07, 6.45) is 0.549. The predicted molar refractivity (Wildman–Crippen MR) is 97.8 cm³/mol. The Kier molecular flexibility index (Phi) is 4.92. The molecule has 0 saturated carbocycles. The minimum atomic E-state index is -4.50. The molecule has 28 heavy (non-hydrogen) atoms. The molecule has 0 N–H and O–H groups in total. The lowest BCUT2D eigenvalue weighted by atomic mass is 10.1. The predicted octanol–water partition coefficient (Wildman–Crippen LogP) is 2.99. The summed E-state index contributed by atoms with van der Waals surface area (Å²) in [5.41, 5.74) is -0.211. The molecule has 1 aliphatic rings. The quantitative estimate of drug-likeness (QED) is 0.671. The van der Waals surface area contributed by atoms with Crippen LogP contribution in [0.15, 0.2) is 47.5 Å². The molecule has 1 fully saturated rings. The molecule has 0 aliphatic carbocycles. The van der Waals surface area contributed by atoms with E-state index in [2.05, 4.69) is 15.0 Å². The highest BCUT2D eigenvalue weighted by Gasteiger charge is 2.35. The van der Waals surface area contributed by atoms with Crippen LogP contribution in [0.5, 0.6) is 0 Å². The van der Waals surface area contributed by atoms with Gasteiger partial charge in [-0.1, -0.05) is 12.1 Å². The van der Waals surface area contributed by atoms with E-state index in [1.54, 1.807) is 29.1 Å². The highest BCUT2D eigenvalue weighted by atomic mass is 19.4. The Morgan fingerprint density at radius 3 is 2.71 bits per heavy atom. The molecular weight excluding hydrogens is 371 g/mol. The molecular formula is C19H20F3N5O. The van der Waals surface area contributed by atoms with Crippen molar-refractivity contribution in [3.8, 4) is 0 Å². The second-order valence-corrected chi connectivity index (χ2v) is 6.96. The van der Waals surface area contributed by atoms with Gasteiger partial charge in [0.25, 0.3) is 5.56 Å². The zero-order chi connectivity index (χ0) is 19.7. The number of para-hydroxylation sites is 1. The van der Waals surface area contributed by atoms with Gasteiger partial charge in [-0.25, -0.2) is 4.98 Å². The smallest absolute Gasteiger partial charge is 0.292 e. The summed E-state index contributed by atoms with van der Waals surface area (Å²) in [6, 6.07) is 8.06. The molecule has 2 aromatic heterocycles. The second-order valence-electron chi connectivity index (χ2n) is 6.96. The van der Waals surface area contributed by atoms with Crippen LogP contribution < -0.4 is 5.56 Å². The van der Waals surface area contributed by atoms with Crippen molar-refractivity contribution >= 4 is 10.9 Å². The third-order valence-corrected chi connectivity index (χ3v) is 5.07. The van der Waals surface area contributed by atoms with Crippen LogP contribution in [0.3, 0.4) is 0 Å². The molecule has 4 rings (SSSR count). The van der Waals surface area contributed by atoms with E-state index < -0.39 is 18.3 Å². The van der Waals surface area contributed by atoms with Gasteiger partial charge in [0.1, 0.15) is 12.4 Å². The first-order valence-corrected chi connectivity index (χ1v) is 9.20. The summed E-state index contributed by atoms with van der Waals surface area (Å²) in [5.74, 6) is 0.194. The SMILES string of the molecule is O=c1c2ccccc2nc(C2CCCN2CCn2cccn2)n1CC(F)(F)F. The molecule has 1 atom stereocenters. The molecule has 0 radical (unpaired) electrons. The average Bonchev–Trinajstić information content (AvgIpc) is 3.32. The number of aromatic nitrogens is 4. The Morgan fingerprint density at radius 2 is 1.96 bits per heavy atom. The first-order chi connectivity index (χ1) is 13.4. The van der Waals surface area contributed by atoms with Crippen LogP contribution in [0.1, 0.15) is 24.7 Å². The average molecular weight is 391 g/mol. The first kappa shape index (κ1) is 18.7. The molecule has 3 heterocycles. The Labute approximate surface area is 159 Å². The third kappa shape index (κ3) is 3.80. The van der Waals surface area contributed by atoms with Crippen molar-refractivity contribution in [3.05, 3.63) is 58.9 Å². The lowest BCUT2D eigenvalue weighted by Gasteiger charge is -2.26. The van der Waals surface area contributed by atoms with E-state index in [-0.39, 0.29) is 17.3 Å². The summed E-state index contributed by atoms with van der Waals surface area (Å²) in [5, 5.41) is 4.37. The van der Waals surface area contributed by atoms with Crippen LogP contribution in [-0.2, 0) is 13.1 Å². The Hall–Kier alpha value is -2.68. The molecule has 1 aromatic carbocycles. The number of hydrogen-bond acceptors (Lipinski definition) is 4. The topological polar surface area (TPSA) is 56.0 Å². The first-order valence-electron chi connectivity index (χ1n) is 9.20.